The Bertz CT molecular complexity index is 808. The molecule has 0 bridgehead atoms. The summed E-state index contributed by atoms with van der Waals surface area (Å²) >= 11 is 0. The van der Waals surface area contributed by atoms with Crippen LogP contribution in [0.15, 0.2) is 12.2 Å². The number of carbonyl (C=O) groups is 3. The quantitative estimate of drug-likeness (QED) is 0.594. The van der Waals surface area contributed by atoms with E-state index in [1.165, 1.54) is 4.90 Å². The number of nitrogens with zero attached hydrogens (tertiary/aromatic N) is 3. The number of amides is 2. The minimum atomic E-state index is -0.611. The zero-order chi connectivity index (χ0) is 21.9. The fourth-order valence-corrected chi connectivity index (χ4v) is 3.05. The number of nitrogens with one attached hydrogen (secondary N) is 1. The molecule has 1 aliphatic rings. The van der Waals surface area contributed by atoms with Crippen molar-refractivity contribution in [2.45, 2.75) is 59.2 Å². The highest BCUT2D eigenvalue weighted by atomic mass is 16.6. The van der Waals surface area contributed by atoms with Crippen LogP contribution in [-0.2, 0) is 27.2 Å². The van der Waals surface area contributed by atoms with Gasteiger partial charge in [0.25, 0.3) is 5.91 Å². The normalized spacial score (nSPS) is 16.1. The van der Waals surface area contributed by atoms with Gasteiger partial charge in [-0.2, -0.15) is 5.10 Å². The summed E-state index contributed by atoms with van der Waals surface area (Å²) in [6, 6.07) is -0.107. The van der Waals surface area contributed by atoms with E-state index < -0.39 is 17.7 Å². The molecule has 0 saturated carbocycles. The van der Waals surface area contributed by atoms with Gasteiger partial charge in [0.05, 0.1) is 25.4 Å². The van der Waals surface area contributed by atoms with Gasteiger partial charge in [-0.1, -0.05) is 6.58 Å². The summed E-state index contributed by atoms with van der Waals surface area (Å²) in [4.78, 5) is 40.2. The lowest BCUT2D eigenvalue weighted by Gasteiger charge is -2.34. The minimum absolute atomic E-state index is 0.0254. The Labute approximate surface area is 171 Å². The molecular formula is C20H30N4O5. The number of aromatic nitrogens is 2. The third-order valence-electron chi connectivity index (χ3n) is 4.48. The lowest BCUT2D eigenvalue weighted by atomic mass is 9.99. The SMILES string of the molecule is C=C(CN(C)C(=O)c1[nH]nc2c1CN(C(=O)OC(C)(C)C)[C@H](C)C2)C(=O)OCC. The molecule has 1 atom stereocenters. The van der Waals surface area contributed by atoms with Gasteiger partial charge in [-0.3, -0.25) is 9.89 Å². The van der Waals surface area contributed by atoms with Crippen molar-refractivity contribution in [3.05, 3.63) is 29.1 Å². The van der Waals surface area contributed by atoms with Gasteiger partial charge < -0.3 is 19.3 Å². The molecule has 9 heteroatoms. The van der Waals surface area contributed by atoms with Crippen LogP contribution in [0, 0.1) is 0 Å². The first kappa shape index (κ1) is 22.4. The Balaban J connectivity index is 2.16. The molecule has 1 aliphatic heterocycles. The van der Waals surface area contributed by atoms with E-state index in [9.17, 15) is 14.4 Å². The molecule has 0 aliphatic carbocycles. The van der Waals surface area contributed by atoms with E-state index in [0.29, 0.717) is 17.7 Å². The van der Waals surface area contributed by atoms with Crippen molar-refractivity contribution in [2.75, 3.05) is 20.2 Å². The Morgan fingerprint density at radius 3 is 2.59 bits per heavy atom. The second kappa shape index (κ2) is 8.67. The van der Waals surface area contributed by atoms with E-state index in [2.05, 4.69) is 16.8 Å². The second-order valence-corrected chi connectivity index (χ2v) is 8.17. The van der Waals surface area contributed by atoms with Crippen molar-refractivity contribution in [3.8, 4) is 0 Å². The summed E-state index contributed by atoms with van der Waals surface area (Å²) in [6.07, 6.45) is 0.0803. The summed E-state index contributed by atoms with van der Waals surface area (Å²) in [7, 11) is 1.57. The average molecular weight is 406 g/mol. The molecule has 0 saturated heterocycles. The number of hydrogen-bond donors (Lipinski definition) is 1. The molecule has 29 heavy (non-hydrogen) atoms. The maximum absolute atomic E-state index is 12.9. The molecule has 160 valence electrons. The average Bonchev–Trinajstić information content (AvgIpc) is 3.01. The lowest BCUT2D eigenvalue weighted by Crippen LogP contribution is -2.45. The Morgan fingerprint density at radius 2 is 2.00 bits per heavy atom. The predicted molar refractivity (Wildman–Crippen MR) is 106 cm³/mol. The first-order valence-corrected chi connectivity index (χ1v) is 9.60. The number of ether oxygens (including phenoxy) is 2. The van der Waals surface area contributed by atoms with Crippen LogP contribution in [0.4, 0.5) is 4.79 Å². The molecule has 2 heterocycles. The van der Waals surface area contributed by atoms with Crippen LogP contribution < -0.4 is 0 Å². The summed E-state index contributed by atoms with van der Waals surface area (Å²) < 4.78 is 10.4. The van der Waals surface area contributed by atoms with Gasteiger partial charge in [0.1, 0.15) is 11.3 Å². The van der Waals surface area contributed by atoms with E-state index in [4.69, 9.17) is 9.47 Å². The summed E-state index contributed by atoms with van der Waals surface area (Å²) in [5.74, 6) is -0.883. The molecule has 2 amide bonds. The van der Waals surface area contributed by atoms with Gasteiger partial charge >= 0.3 is 12.1 Å². The number of rotatable bonds is 5. The highest BCUT2D eigenvalue weighted by Gasteiger charge is 2.35. The largest absolute Gasteiger partial charge is 0.463 e. The van der Waals surface area contributed by atoms with E-state index >= 15 is 0 Å². The fourth-order valence-electron chi connectivity index (χ4n) is 3.05. The van der Waals surface area contributed by atoms with Crippen LogP contribution in [-0.4, -0.2) is 69.8 Å². The van der Waals surface area contributed by atoms with Crippen LogP contribution in [0.1, 0.15) is 56.4 Å². The van der Waals surface area contributed by atoms with Gasteiger partial charge in [-0.05, 0) is 34.6 Å². The van der Waals surface area contributed by atoms with Crippen LogP contribution in [0.25, 0.3) is 0 Å². The van der Waals surface area contributed by atoms with Crippen LogP contribution in [0.3, 0.4) is 0 Å². The molecule has 1 aromatic rings. The van der Waals surface area contributed by atoms with Crippen molar-refractivity contribution in [1.82, 2.24) is 20.0 Å². The molecular weight excluding hydrogens is 376 g/mol. The van der Waals surface area contributed by atoms with Crippen LogP contribution in [0.5, 0.6) is 0 Å². The zero-order valence-corrected chi connectivity index (χ0v) is 18.0. The number of esters is 1. The summed E-state index contributed by atoms with van der Waals surface area (Å²) in [6.45, 7) is 13.2. The monoisotopic (exact) mass is 406 g/mol. The number of hydrogen-bond acceptors (Lipinski definition) is 6. The number of likely N-dealkylation sites (N-methyl/N-ethyl adjacent to an activating group) is 1. The second-order valence-electron chi connectivity index (χ2n) is 8.17. The molecule has 2 rings (SSSR count). The van der Waals surface area contributed by atoms with Gasteiger partial charge in [0, 0.05) is 30.6 Å². The first-order valence-electron chi connectivity index (χ1n) is 9.60. The standard InChI is InChI=1S/C20H30N4O5/c1-8-28-18(26)12(2)10-23(7)17(25)16-14-11-24(19(27)29-20(4,5)6)13(3)9-15(14)21-22-16/h13H,2,8-11H2,1,3-7H3,(H,21,22)/t13-/m1/s1. The predicted octanol–water partition coefficient (Wildman–Crippen LogP) is 2.28. The number of carbonyl (C=O) groups excluding carboxylic acids is 3. The van der Waals surface area contributed by atoms with Crippen molar-refractivity contribution in [2.24, 2.45) is 0 Å². The van der Waals surface area contributed by atoms with Crippen LogP contribution >= 0.6 is 0 Å². The maximum Gasteiger partial charge on any atom is 0.410 e. The molecule has 1 N–H and O–H groups in total. The summed E-state index contributed by atoms with van der Waals surface area (Å²) in [5, 5.41) is 7.04. The Morgan fingerprint density at radius 1 is 1.34 bits per heavy atom. The Hall–Kier alpha value is -2.84. The van der Waals surface area contributed by atoms with Gasteiger partial charge in [0.15, 0.2) is 0 Å². The molecule has 0 fully saturated rings. The maximum atomic E-state index is 12.9. The van der Waals surface area contributed by atoms with E-state index in [1.807, 2.05) is 27.7 Å². The molecule has 0 aromatic carbocycles. The molecule has 0 radical (unpaired) electrons. The minimum Gasteiger partial charge on any atom is -0.463 e. The van der Waals surface area contributed by atoms with Gasteiger partial charge in [-0.25, -0.2) is 9.59 Å². The van der Waals surface area contributed by atoms with Crippen molar-refractivity contribution in [3.63, 3.8) is 0 Å². The number of aromatic amines is 1. The van der Waals surface area contributed by atoms with Crippen LogP contribution in [0.2, 0.25) is 0 Å². The third kappa shape index (κ3) is 5.36. The zero-order valence-electron chi connectivity index (χ0n) is 18.0. The molecule has 9 nitrogen and oxygen atoms in total. The molecule has 1 aromatic heterocycles. The molecule has 0 spiro atoms. The third-order valence-corrected chi connectivity index (χ3v) is 4.48. The van der Waals surface area contributed by atoms with Gasteiger partial charge in [-0.15, -0.1) is 0 Å². The number of H-pyrrole nitrogens is 1. The summed E-state index contributed by atoms with van der Waals surface area (Å²) in [5.41, 5.74) is 1.27. The first-order chi connectivity index (χ1) is 13.4. The topological polar surface area (TPSA) is 105 Å². The smallest absolute Gasteiger partial charge is 0.410 e. The van der Waals surface area contributed by atoms with Crippen molar-refractivity contribution < 1.29 is 23.9 Å². The van der Waals surface area contributed by atoms with Gasteiger partial charge in [0.2, 0.25) is 0 Å². The lowest BCUT2D eigenvalue weighted by molar-refractivity contribution is -0.138. The van der Waals surface area contributed by atoms with E-state index in [-0.39, 0.29) is 37.2 Å². The van der Waals surface area contributed by atoms with Crippen molar-refractivity contribution in [1.29, 1.82) is 0 Å². The van der Waals surface area contributed by atoms with E-state index in [1.54, 1.807) is 18.9 Å². The highest BCUT2D eigenvalue weighted by molar-refractivity contribution is 5.95. The fraction of sp³-hybridized carbons (Fsp3) is 0.600. The number of fused-ring (bicyclic) bond motifs is 1. The highest BCUT2D eigenvalue weighted by Crippen LogP contribution is 2.26. The Kier molecular flexibility index (Phi) is 6.71. The van der Waals surface area contributed by atoms with E-state index in [0.717, 1.165) is 5.69 Å². The van der Waals surface area contributed by atoms with Crippen molar-refractivity contribution >= 4 is 18.0 Å². The molecule has 0 unspecified atom stereocenters.